The van der Waals surface area contributed by atoms with Crippen molar-refractivity contribution >= 4 is 6.09 Å². The van der Waals surface area contributed by atoms with Crippen LogP contribution in [0.15, 0.2) is 12.8 Å². The number of ether oxygens (including phenoxy) is 1. The molecule has 0 aromatic carbocycles. The molecule has 0 radical (unpaired) electrons. The fourth-order valence-corrected chi connectivity index (χ4v) is 1.83. The van der Waals surface area contributed by atoms with E-state index in [-0.39, 0.29) is 6.09 Å². The lowest BCUT2D eigenvalue weighted by Gasteiger charge is -2.22. The van der Waals surface area contributed by atoms with E-state index in [0.29, 0.717) is 19.1 Å². The molecular weight excluding hydrogens is 216 g/mol. The first kappa shape index (κ1) is 14.0. The molecule has 0 aromatic rings. The fourth-order valence-electron chi connectivity index (χ4n) is 1.83. The fraction of sp³-hybridized carbons (Fsp3) is 0.769. The number of carbonyl (C=O) groups excluding carboxylic acids is 1. The van der Waals surface area contributed by atoms with E-state index in [1.165, 1.54) is 12.8 Å². The molecule has 1 saturated heterocycles. The van der Waals surface area contributed by atoms with Crippen LogP contribution in [-0.2, 0) is 4.74 Å². The van der Waals surface area contributed by atoms with Crippen molar-refractivity contribution in [1.29, 1.82) is 0 Å². The van der Waals surface area contributed by atoms with E-state index in [2.05, 4.69) is 11.5 Å². The number of hydrogen-bond acceptors (Lipinski definition) is 3. The van der Waals surface area contributed by atoms with Crippen molar-refractivity contribution in [1.82, 2.24) is 9.80 Å². The average Bonchev–Trinajstić information content (AvgIpc) is 2.80. The largest absolute Gasteiger partial charge is 0.449 e. The molecule has 4 nitrogen and oxygen atoms in total. The van der Waals surface area contributed by atoms with Gasteiger partial charge in [-0.1, -0.05) is 20.4 Å². The standard InChI is InChI=1S/C13H24N2O2/c1-4-15(13(16)17-11-12(2)3)10-9-14-7-5-6-8-14/h4,12H,1,5-11H2,2-3H3. The topological polar surface area (TPSA) is 32.8 Å². The molecule has 1 heterocycles. The summed E-state index contributed by atoms with van der Waals surface area (Å²) in [6, 6.07) is 0. The summed E-state index contributed by atoms with van der Waals surface area (Å²) >= 11 is 0. The SMILES string of the molecule is C=CN(CCN1CCCC1)C(=O)OCC(C)C. The number of likely N-dealkylation sites (tertiary alicyclic amines) is 1. The lowest BCUT2D eigenvalue weighted by atomic mass is 10.2. The lowest BCUT2D eigenvalue weighted by molar-refractivity contribution is 0.103. The normalized spacial score (nSPS) is 16.2. The van der Waals surface area contributed by atoms with Crippen LogP contribution < -0.4 is 0 Å². The summed E-state index contributed by atoms with van der Waals surface area (Å²) in [6.07, 6.45) is 3.81. The molecule has 1 amide bonds. The molecule has 0 saturated carbocycles. The Hall–Kier alpha value is -1.03. The van der Waals surface area contributed by atoms with Crippen LogP contribution in [0, 0.1) is 5.92 Å². The van der Waals surface area contributed by atoms with Gasteiger partial charge in [0.15, 0.2) is 0 Å². The molecular formula is C13H24N2O2. The van der Waals surface area contributed by atoms with E-state index < -0.39 is 0 Å². The summed E-state index contributed by atoms with van der Waals surface area (Å²) in [5, 5.41) is 0. The van der Waals surface area contributed by atoms with Crippen LogP contribution >= 0.6 is 0 Å². The zero-order valence-corrected chi connectivity index (χ0v) is 11.0. The first-order valence-electron chi connectivity index (χ1n) is 6.41. The highest BCUT2D eigenvalue weighted by Crippen LogP contribution is 2.07. The summed E-state index contributed by atoms with van der Waals surface area (Å²) in [6.45, 7) is 12.0. The monoisotopic (exact) mass is 240 g/mol. The third-order valence-corrected chi connectivity index (χ3v) is 2.85. The van der Waals surface area contributed by atoms with Gasteiger partial charge < -0.3 is 9.64 Å². The van der Waals surface area contributed by atoms with Gasteiger partial charge in [-0.3, -0.25) is 4.90 Å². The molecule has 0 unspecified atom stereocenters. The summed E-state index contributed by atoms with van der Waals surface area (Å²) in [7, 11) is 0. The minimum Gasteiger partial charge on any atom is -0.449 e. The van der Waals surface area contributed by atoms with Crippen molar-refractivity contribution in [2.45, 2.75) is 26.7 Å². The molecule has 1 rings (SSSR count). The van der Waals surface area contributed by atoms with Gasteiger partial charge in [-0.2, -0.15) is 0 Å². The van der Waals surface area contributed by atoms with E-state index in [9.17, 15) is 4.79 Å². The van der Waals surface area contributed by atoms with Gasteiger partial charge in [0.25, 0.3) is 0 Å². The summed E-state index contributed by atoms with van der Waals surface area (Å²) in [5.74, 6) is 0.365. The molecule has 0 aliphatic carbocycles. The Bertz CT molecular complexity index is 248. The van der Waals surface area contributed by atoms with Crippen LogP contribution in [0.2, 0.25) is 0 Å². The van der Waals surface area contributed by atoms with Crippen molar-refractivity contribution in [3.63, 3.8) is 0 Å². The predicted molar refractivity (Wildman–Crippen MR) is 68.8 cm³/mol. The minimum absolute atomic E-state index is 0.284. The Morgan fingerprint density at radius 3 is 2.65 bits per heavy atom. The highest BCUT2D eigenvalue weighted by Gasteiger charge is 2.16. The number of rotatable bonds is 6. The molecule has 0 bridgehead atoms. The second-order valence-electron chi connectivity index (χ2n) is 4.90. The summed E-state index contributed by atoms with van der Waals surface area (Å²) in [5.41, 5.74) is 0. The quantitative estimate of drug-likeness (QED) is 0.714. The van der Waals surface area contributed by atoms with E-state index in [1.807, 2.05) is 13.8 Å². The predicted octanol–water partition coefficient (Wildman–Crippen LogP) is 2.32. The Balaban J connectivity index is 2.26. The third kappa shape index (κ3) is 5.22. The molecule has 98 valence electrons. The lowest BCUT2D eigenvalue weighted by Crippen LogP contribution is -2.35. The molecule has 4 heteroatoms. The first-order chi connectivity index (χ1) is 8.13. The van der Waals surface area contributed by atoms with E-state index >= 15 is 0 Å². The third-order valence-electron chi connectivity index (χ3n) is 2.85. The maximum absolute atomic E-state index is 11.7. The molecule has 1 aliphatic rings. The van der Waals surface area contributed by atoms with Gasteiger partial charge in [0.05, 0.1) is 6.61 Å². The smallest absolute Gasteiger partial charge is 0.413 e. The molecule has 1 aliphatic heterocycles. The van der Waals surface area contributed by atoms with Gasteiger partial charge in [-0.05, 0) is 31.8 Å². The van der Waals surface area contributed by atoms with Crippen molar-refractivity contribution < 1.29 is 9.53 Å². The maximum Gasteiger partial charge on any atom is 0.413 e. The number of nitrogens with zero attached hydrogens (tertiary/aromatic N) is 2. The Morgan fingerprint density at radius 1 is 1.47 bits per heavy atom. The molecule has 0 aromatic heterocycles. The van der Waals surface area contributed by atoms with Crippen molar-refractivity contribution in [2.24, 2.45) is 5.92 Å². The second-order valence-corrected chi connectivity index (χ2v) is 4.90. The number of hydrogen-bond donors (Lipinski definition) is 0. The van der Waals surface area contributed by atoms with E-state index in [1.54, 1.807) is 11.1 Å². The van der Waals surface area contributed by atoms with Crippen LogP contribution in [0.5, 0.6) is 0 Å². The van der Waals surface area contributed by atoms with Crippen LogP contribution in [0.25, 0.3) is 0 Å². The van der Waals surface area contributed by atoms with Gasteiger partial charge in [0, 0.05) is 19.3 Å². The van der Waals surface area contributed by atoms with Crippen molar-refractivity contribution in [3.8, 4) is 0 Å². The summed E-state index contributed by atoms with van der Waals surface area (Å²) < 4.78 is 5.17. The van der Waals surface area contributed by atoms with Crippen LogP contribution in [-0.4, -0.2) is 48.7 Å². The van der Waals surface area contributed by atoms with Crippen LogP contribution in [0.1, 0.15) is 26.7 Å². The van der Waals surface area contributed by atoms with Gasteiger partial charge in [-0.15, -0.1) is 0 Å². The molecule has 0 N–H and O–H groups in total. The minimum atomic E-state index is -0.284. The summed E-state index contributed by atoms with van der Waals surface area (Å²) in [4.78, 5) is 15.6. The first-order valence-corrected chi connectivity index (χ1v) is 6.41. The molecule has 0 spiro atoms. The molecule has 1 fully saturated rings. The second kappa shape index (κ2) is 7.33. The van der Waals surface area contributed by atoms with Gasteiger partial charge in [0.1, 0.15) is 0 Å². The van der Waals surface area contributed by atoms with Crippen molar-refractivity contribution in [3.05, 3.63) is 12.8 Å². The Kier molecular flexibility index (Phi) is 6.05. The van der Waals surface area contributed by atoms with Crippen LogP contribution in [0.3, 0.4) is 0 Å². The van der Waals surface area contributed by atoms with Gasteiger partial charge >= 0.3 is 6.09 Å². The van der Waals surface area contributed by atoms with E-state index in [0.717, 1.165) is 19.6 Å². The number of carbonyl (C=O) groups is 1. The highest BCUT2D eigenvalue weighted by molar-refractivity contribution is 5.68. The Morgan fingerprint density at radius 2 is 2.12 bits per heavy atom. The number of amides is 1. The maximum atomic E-state index is 11.7. The zero-order valence-electron chi connectivity index (χ0n) is 11.0. The van der Waals surface area contributed by atoms with Gasteiger partial charge in [0.2, 0.25) is 0 Å². The van der Waals surface area contributed by atoms with Crippen molar-refractivity contribution in [2.75, 3.05) is 32.8 Å². The zero-order chi connectivity index (χ0) is 12.7. The Labute approximate surface area is 104 Å². The highest BCUT2D eigenvalue weighted by atomic mass is 16.6. The molecule has 0 atom stereocenters. The van der Waals surface area contributed by atoms with Crippen LogP contribution in [0.4, 0.5) is 4.79 Å². The van der Waals surface area contributed by atoms with Gasteiger partial charge in [-0.25, -0.2) is 4.79 Å². The average molecular weight is 240 g/mol. The molecule has 17 heavy (non-hydrogen) atoms. The van der Waals surface area contributed by atoms with E-state index in [4.69, 9.17) is 4.74 Å².